The molecular weight excluding hydrogens is 254 g/mol. The predicted molar refractivity (Wildman–Crippen MR) is 71.1 cm³/mol. The van der Waals surface area contributed by atoms with Gasteiger partial charge in [-0.15, -0.1) is 0 Å². The van der Waals surface area contributed by atoms with E-state index in [0.29, 0.717) is 26.2 Å². The van der Waals surface area contributed by atoms with Crippen LogP contribution in [-0.4, -0.2) is 56.5 Å². The number of hydrogen-bond acceptors (Lipinski definition) is 4. The van der Waals surface area contributed by atoms with Crippen LogP contribution in [0.5, 0.6) is 0 Å². The van der Waals surface area contributed by atoms with Gasteiger partial charge in [0.2, 0.25) is 10.0 Å². The largest absolute Gasteiger partial charge is 0.382 e. The van der Waals surface area contributed by atoms with Crippen molar-refractivity contribution in [3.8, 4) is 0 Å². The standard InChI is InChI=1S/C12H25NO4S/c1-10(2)13-7-6-11(18(13,14)15)12(3,4)17-9-8-16-5/h10-11H,6-9H2,1-5H3. The van der Waals surface area contributed by atoms with Crippen LogP contribution < -0.4 is 0 Å². The lowest BCUT2D eigenvalue weighted by molar-refractivity contribution is -0.0409. The van der Waals surface area contributed by atoms with Gasteiger partial charge in [0.1, 0.15) is 5.25 Å². The van der Waals surface area contributed by atoms with Crippen LogP contribution in [-0.2, 0) is 19.5 Å². The summed E-state index contributed by atoms with van der Waals surface area (Å²) in [7, 11) is -1.65. The van der Waals surface area contributed by atoms with Crippen LogP contribution in [0.3, 0.4) is 0 Å². The number of rotatable bonds is 6. The van der Waals surface area contributed by atoms with Crippen LogP contribution in [0, 0.1) is 0 Å². The first-order valence-electron chi connectivity index (χ1n) is 6.37. The third kappa shape index (κ3) is 3.23. The summed E-state index contributed by atoms with van der Waals surface area (Å²) in [6, 6.07) is 0.00905. The van der Waals surface area contributed by atoms with Crippen LogP contribution in [0.25, 0.3) is 0 Å². The molecule has 1 atom stereocenters. The Balaban J connectivity index is 2.78. The van der Waals surface area contributed by atoms with Gasteiger partial charge in [-0.2, -0.15) is 4.31 Å². The van der Waals surface area contributed by atoms with Gasteiger partial charge in [-0.05, 0) is 34.1 Å². The van der Waals surface area contributed by atoms with E-state index in [2.05, 4.69) is 0 Å². The van der Waals surface area contributed by atoms with Crippen molar-refractivity contribution in [2.75, 3.05) is 26.9 Å². The van der Waals surface area contributed by atoms with Crippen LogP contribution in [0.1, 0.15) is 34.1 Å². The summed E-state index contributed by atoms with van der Waals surface area (Å²) < 4.78 is 37.0. The fraction of sp³-hybridized carbons (Fsp3) is 1.00. The van der Waals surface area contributed by atoms with Crippen LogP contribution in [0.4, 0.5) is 0 Å². The molecule has 1 aliphatic heterocycles. The smallest absolute Gasteiger partial charge is 0.220 e. The third-order valence-corrected chi connectivity index (χ3v) is 6.19. The van der Waals surface area contributed by atoms with Gasteiger partial charge in [-0.25, -0.2) is 8.42 Å². The van der Waals surface area contributed by atoms with Gasteiger partial charge < -0.3 is 9.47 Å². The molecule has 0 aliphatic carbocycles. The van der Waals surface area contributed by atoms with E-state index in [-0.39, 0.29) is 6.04 Å². The van der Waals surface area contributed by atoms with E-state index < -0.39 is 20.9 Å². The minimum absolute atomic E-state index is 0.00905. The normalized spacial score (nSPS) is 24.9. The molecule has 0 aromatic heterocycles. The lowest BCUT2D eigenvalue weighted by Gasteiger charge is -2.32. The Labute approximate surface area is 110 Å². The fourth-order valence-corrected chi connectivity index (χ4v) is 4.89. The topological polar surface area (TPSA) is 55.8 Å². The second-order valence-corrected chi connectivity index (χ2v) is 7.54. The first kappa shape index (κ1) is 15.9. The zero-order valence-corrected chi connectivity index (χ0v) is 12.8. The van der Waals surface area contributed by atoms with Crippen LogP contribution >= 0.6 is 0 Å². The van der Waals surface area contributed by atoms with Crippen molar-refractivity contribution in [2.24, 2.45) is 0 Å². The number of methoxy groups -OCH3 is 1. The molecule has 18 heavy (non-hydrogen) atoms. The fourth-order valence-electron chi connectivity index (χ4n) is 2.42. The Morgan fingerprint density at radius 1 is 1.33 bits per heavy atom. The second kappa shape index (κ2) is 5.86. The Bertz CT molecular complexity index is 364. The molecule has 0 amide bonds. The average molecular weight is 279 g/mol. The minimum atomic E-state index is -3.25. The number of ether oxygens (including phenoxy) is 2. The molecule has 6 heteroatoms. The van der Waals surface area contributed by atoms with Gasteiger partial charge in [0, 0.05) is 19.7 Å². The van der Waals surface area contributed by atoms with Crippen molar-refractivity contribution in [1.82, 2.24) is 4.31 Å². The zero-order valence-electron chi connectivity index (χ0n) is 12.0. The summed E-state index contributed by atoms with van der Waals surface area (Å²) >= 11 is 0. The summed E-state index contributed by atoms with van der Waals surface area (Å²) in [6.07, 6.45) is 0.625. The second-order valence-electron chi connectivity index (χ2n) is 5.47. The van der Waals surface area contributed by atoms with E-state index in [0.717, 1.165) is 0 Å². The van der Waals surface area contributed by atoms with Crippen LogP contribution in [0.15, 0.2) is 0 Å². The molecule has 0 bridgehead atoms. The first-order valence-corrected chi connectivity index (χ1v) is 7.87. The van der Waals surface area contributed by atoms with Gasteiger partial charge >= 0.3 is 0 Å². The average Bonchev–Trinajstić information content (AvgIpc) is 2.54. The SMILES string of the molecule is COCCOC(C)(C)C1CCN(C(C)C)S1(=O)=O. The molecule has 0 N–H and O–H groups in total. The Morgan fingerprint density at radius 2 is 1.94 bits per heavy atom. The van der Waals surface area contributed by atoms with Gasteiger partial charge in [0.25, 0.3) is 0 Å². The highest BCUT2D eigenvalue weighted by Gasteiger charge is 2.48. The molecular formula is C12H25NO4S. The summed E-state index contributed by atoms with van der Waals surface area (Å²) in [5.41, 5.74) is -0.680. The molecule has 1 aliphatic rings. The van der Waals surface area contributed by atoms with E-state index in [1.165, 1.54) is 0 Å². The van der Waals surface area contributed by atoms with Gasteiger partial charge in [0.15, 0.2) is 0 Å². The van der Waals surface area contributed by atoms with Gasteiger partial charge in [-0.1, -0.05) is 0 Å². The number of sulfonamides is 1. The van der Waals surface area contributed by atoms with Crippen molar-refractivity contribution in [3.63, 3.8) is 0 Å². The first-order chi connectivity index (χ1) is 8.23. The highest BCUT2D eigenvalue weighted by molar-refractivity contribution is 7.90. The van der Waals surface area contributed by atoms with Crippen molar-refractivity contribution in [2.45, 2.75) is 51.0 Å². The van der Waals surface area contributed by atoms with Crippen molar-refractivity contribution in [1.29, 1.82) is 0 Å². The molecule has 1 fully saturated rings. The summed E-state index contributed by atoms with van der Waals surface area (Å²) in [5, 5.41) is -0.468. The molecule has 5 nitrogen and oxygen atoms in total. The Kier molecular flexibility index (Phi) is 5.17. The van der Waals surface area contributed by atoms with Crippen LogP contribution in [0.2, 0.25) is 0 Å². The monoisotopic (exact) mass is 279 g/mol. The lowest BCUT2D eigenvalue weighted by Crippen LogP contribution is -2.46. The van der Waals surface area contributed by atoms with E-state index in [1.807, 2.05) is 27.7 Å². The molecule has 0 aromatic carbocycles. The van der Waals surface area contributed by atoms with E-state index >= 15 is 0 Å². The zero-order chi connectivity index (χ0) is 14.0. The highest BCUT2D eigenvalue weighted by Crippen LogP contribution is 2.33. The Hall–Kier alpha value is -0.170. The molecule has 0 radical (unpaired) electrons. The van der Waals surface area contributed by atoms with E-state index in [4.69, 9.17) is 9.47 Å². The molecule has 0 saturated carbocycles. The molecule has 108 valence electrons. The van der Waals surface area contributed by atoms with Crippen molar-refractivity contribution < 1.29 is 17.9 Å². The number of nitrogens with zero attached hydrogens (tertiary/aromatic N) is 1. The molecule has 0 aromatic rings. The maximum atomic E-state index is 12.4. The summed E-state index contributed by atoms with van der Waals surface area (Å²) in [6.45, 7) is 8.96. The van der Waals surface area contributed by atoms with Crippen molar-refractivity contribution >= 4 is 10.0 Å². The van der Waals surface area contributed by atoms with E-state index in [9.17, 15) is 8.42 Å². The molecule has 1 unspecified atom stereocenters. The molecule has 1 rings (SSSR count). The lowest BCUT2D eigenvalue weighted by atomic mass is 10.0. The maximum Gasteiger partial charge on any atom is 0.220 e. The maximum absolute atomic E-state index is 12.4. The van der Waals surface area contributed by atoms with E-state index in [1.54, 1.807) is 11.4 Å². The summed E-state index contributed by atoms with van der Waals surface area (Å²) in [4.78, 5) is 0. The van der Waals surface area contributed by atoms with Gasteiger partial charge in [0.05, 0.1) is 18.8 Å². The molecule has 1 heterocycles. The van der Waals surface area contributed by atoms with Gasteiger partial charge in [-0.3, -0.25) is 0 Å². The third-order valence-electron chi connectivity index (χ3n) is 3.41. The summed E-state index contributed by atoms with van der Waals surface area (Å²) in [5.74, 6) is 0. The quantitative estimate of drug-likeness (QED) is 0.686. The van der Waals surface area contributed by atoms with Crippen molar-refractivity contribution in [3.05, 3.63) is 0 Å². The number of hydrogen-bond donors (Lipinski definition) is 0. The minimum Gasteiger partial charge on any atom is -0.382 e. The predicted octanol–water partition coefficient (Wildman–Crippen LogP) is 1.24. The molecule has 1 saturated heterocycles. The Morgan fingerprint density at radius 3 is 2.39 bits per heavy atom. The highest BCUT2D eigenvalue weighted by atomic mass is 32.2. The molecule has 0 spiro atoms.